The highest BCUT2D eigenvalue weighted by atomic mass is 79.9. The summed E-state index contributed by atoms with van der Waals surface area (Å²) in [6, 6.07) is 10.5. The molecule has 2 N–H and O–H groups in total. The van der Waals surface area contributed by atoms with Gasteiger partial charge in [0.05, 0.1) is 6.61 Å². The average molecular weight is 362 g/mol. The van der Waals surface area contributed by atoms with Crippen molar-refractivity contribution in [3.05, 3.63) is 52.0 Å². The van der Waals surface area contributed by atoms with Gasteiger partial charge in [-0.2, -0.15) is 0 Å². The second-order valence-corrected chi connectivity index (χ2v) is 6.28. The predicted molar refractivity (Wildman–Crippen MR) is 82.1 cm³/mol. The average Bonchev–Trinajstić information content (AvgIpc) is 2.49. The highest BCUT2D eigenvalue weighted by Crippen LogP contribution is 2.49. The van der Waals surface area contributed by atoms with Crippen LogP contribution in [0.15, 0.2) is 40.9 Å². The van der Waals surface area contributed by atoms with Crippen molar-refractivity contribution in [1.82, 2.24) is 5.32 Å². The molecule has 1 saturated heterocycles. The summed E-state index contributed by atoms with van der Waals surface area (Å²) in [5.41, 5.74) is 0.625. The molecule has 0 radical (unpaired) electrons. The number of aromatic hydroxyl groups is 1. The van der Waals surface area contributed by atoms with Crippen LogP contribution in [0, 0.1) is 0 Å². The Kier molecular flexibility index (Phi) is 2.92. The number of nitrogens with one attached hydrogen (secondary N) is 1. The van der Waals surface area contributed by atoms with Gasteiger partial charge in [-0.05, 0) is 36.4 Å². The standard InChI is InChI=1S/C16H12BrNO4/c17-9-1-3-13-11(5-9)16(8-21-7-15(20)18-16)12-6-10(19)2-4-14(12)22-13/h1-6,19H,7-8H2,(H,18,20). The first-order valence-corrected chi connectivity index (χ1v) is 7.58. The Labute approximate surface area is 135 Å². The molecule has 2 aliphatic rings. The zero-order valence-electron chi connectivity index (χ0n) is 11.4. The Morgan fingerprint density at radius 3 is 2.64 bits per heavy atom. The number of rotatable bonds is 0. The number of carbonyl (C=O) groups is 1. The molecule has 1 spiro atoms. The van der Waals surface area contributed by atoms with E-state index in [9.17, 15) is 9.90 Å². The van der Waals surface area contributed by atoms with Gasteiger partial charge in [0.2, 0.25) is 5.91 Å². The zero-order valence-corrected chi connectivity index (χ0v) is 13.0. The van der Waals surface area contributed by atoms with E-state index in [1.807, 2.05) is 18.2 Å². The van der Waals surface area contributed by atoms with Gasteiger partial charge >= 0.3 is 0 Å². The van der Waals surface area contributed by atoms with Crippen molar-refractivity contribution in [3.63, 3.8) is 0 Å². The number of carbonyl (C=O) groups excluding carboxylic acids is 1. The molecule has 4 rings (SSSR count). The number of fused-ring (bicyclic) bond motifs is 4. The van der Waals surface area contributed by atoms with Crippen LogP contribution in [0.1, 0.15) is 11.1 Å². The van der Waals surface area contributed by atoms with E-state index in [0.29, 0.717) is 17.1 Å². The molecule has 22 heavy (non-hydrogen) atoms. The van der Waals surface area contributed by atoms with Crippen molar-refractivity contribution in [1.29, 1.82) is 0 Å². The molecule has 0 bridgehead atoms. The van der Waals surface area contributed by atoms with Gasteiger partial charge in [-0.25, -0.2) is 0 Å². The lowest BCUT2D eigenvalue weighted by Gasteiger charge is -2.42. The normalized spacial score (nSPS) is 22.5. The van der Waals surface area contributed by atoms with Crippen LogP contribution in [-0.2, 0) is 15.1 Å². The Bertz CT molecular complexity index is 738. The third-order valence-corrected chi connectivity index (χ3v) is 4.44. The van der Waals surface area contributed by atoms with Crippen LogP contribution in [0.2, 0.25) is 0 Å². The molecular formula is C16H12BrNO4. The molecule has 6 heteroatoms. The van der Waals surface area contributed by atoms with E-state index in [2.05, 4.69) is 21.2 Å². The van der Waals surface area contributed by atoms with Gasteiger partial charge in [-0.1, -0.05) is 15.9 Å². The molecule has 1 amide bonds. The fourth-order valence-corrected chi connectivity index (χ4v) is 3.39. The summed E-state index contributed by atoms with van der Waals surface area (Å²) in [4.78, 5) is 12.0. The first kappa shape index (κ1) is 13.6. The fourth-order valence-electron chi connectivity index (χ4n) is 3.03. The van der Waals surface area contributed by atoms with Gasteiger partial charge in [0, 0.05) is 15.6 Å². The number of amides is 1. The molecular weight excluding hydrogens is 350 g/mol. The van der Waals surface area contributed by atoms with Crippen LogP contribution in [0.5, 0.6) is 17.2 Å². The summed E-state index contributed by atoms with van der Waals surface area (Å²) in [5, 5.41) is 12.9. The van der Waals surface area contributed by atoms with Crippen molar-refractivity contribution < 1.29 is 19.4 Å². The van der Waals surface area contributed by atoms with Crippen LogP contribution in [0.4, 0.5) is 0 Å². The van der Waals surface area contributed by atoms with Crippen LogP contribution in [0.3, 0.4) is 0 Å². The third kappa shape index (κ3) is 1.91. The molecule has 0 aliphatic carbocycles. The highest BCUT2D eigenvalue weighted by molar-refractivity contribution is 9.10. The fraction of sp³-hybridized carbons (Fsp3) is 0.188. The van der Waals surface area contributed by atoms with E-state index in [0.717, 1.165) is 10.0 Å². The number of hydrogen-bond acceptors (Lipinski definition) is 4. The van der Waals surface area contributed by atoms with E-state index in [4.69, 9.17) is 9.47 Å². The smallest absolute Gasteiger partial charge is 0.247 e. The molecule has 0 saturated carbocycles. The second-order valence-electron chi connectivity index (χ2n) is 5.37. The minimum absolute atomic E-state index is 0.0279. The number of ether oxygens (including phenoxy) is 2. The Morgan fingerprint density at radius 2 is 1.86 bits per heavy atom. The maximum Gasteiger partial charge on any atom is 0.247 e. The first-order chi connectivity index (χ1) is 10.6. The molecule has 1 unspecified atom stereocenters. The summed E-state index contributed by atoms with van der Waals surface area (Å²) < 4.78 is 12.3. The summed E-state index contributed by atoms with van der Waals surface area (Å²) in [6.45, 7) is 0.308. The summed E-state index contributed by atoms with van der Waals surface area (Å²) in [6.07, 6.45) is 0. The molecule has 0 aromatic heterocycles. The van der Waals surface area contributed by atoms with E-state index in [1.165, 1.54) is 0 Å². The molecule has 5 nitrogen and oxygen atoms in total. The van der Waals surface area contributed by atoms with Crippen LogP contribution in [0.25, 0.3) is 0 Å². The highest BCUT2D eigenvalue weighted by Gasteiger charge is 2.46. The summed E-state index contributed by atoms with van der Waals surface area (Å²) in [5.74, 6) is 1.17. The van der Waals surface area contributed by atoms with Gasteiger partial charge < -0.3 is 19.9 Å². The van der Waals surface area contributed by atoms with E-state index < -0.39 is 5.54 Å². The number of hydrogen-bond donors (Lipinski definition) is 2. The quantitative estimate of drug-likeness (QED) is 0.756. The Hall–Kier alpha value is -2.05. The lowest BCUT2D eigenvalue weighted by molar-refractivity contribution is -0.134. The van der Waals surface area contributed by atoms with Crippen LogP contribution >= 0.6 is 15.9 Å². The third-order valence-electron chi connectivity index (χ3n) is 3.95. The maximum atomic E-state index is 12.0. The van der Waals surface area contributed by atoms with Crippen LogP contribution < -0.4 is 10.1 Å². The predicted octanol–water partition coefficient (Wildman–Crippen LogP) is 2.65. The van der Waals surface area contributed by atoms with Gasteiger partial charge in [-0.3, -0.25) is 4.79 Å². The minimum atomic E-state index is -0.860. The van der Waals surface area contributed by atoms with E-state index in [-0.39, 0.29) is 24.9 Å². The lowest BCUT2D eigenvalue weighted by Crippen LogP contribution is -2.56. The maximum absolute atomic E-state index is 12.0. The van der Waals surface area contributed by atoms with Gasteiger partial charge in [-0.15, -0.1) is 0 Å². The SMILES string of the molecule is O=C1COCC2(N1)c1cc(O)ccc1Oc1ccc(Br)cc12. The number of halogens is 1. The largest absolute Gasteiger partial charge is 0.508 e. The first-order valence-electron chi connectivity index (χ1n) is 6.79. The molecule has 2 aliphatic heterocycles. The van der Waals surface area contributed by atoms with Crippen molar-refractivity contribution in [2.75, 3.05) is 13.2 Å². The summed E-state index contributed by atoms with van der Waals surface area (Å²) >= 11 is 3.45. The second kappa shape index (κ2) is 4.72. The minimum Gasteiger partial charge on any atom is -0.508 e. The lowest BCUT2D eigenvalue weighted by atomic mass is 9.80. The van der Waals surface area contributed by atoms with Gasteiger partial charge in [0.15, 0.2) is 0 Å². The number of phenolic OH excluding ortho intramolecular Hbond substituents is 1. The zero-order chi connectivity index (χ0) is 15.3. The monoisotopic (exact) mass is 361 g/mol. The van der Waals surface area contributed by atoms with Gasteiger partial charge in [0.1, 0.15) is 29.4 Å². The molecule has 2 heterocycles. The Morgan fingerprint density at radius 1 is 1.14 bits per heavy atom. The topological polar surface area (TPSA) is 67.8 Å². The van der Waals surface area contributed by atoms with E-state index in [1.54, 1.807) is 18.2 Å². The molecule has 1 atom stereocenters. The molecule has 112 valence electrons. The van der Waals surface area contributed by atoms with Crippen molar-refractivity contribution in [3.8, 4) is 17.2 Å². The van der Waals surface area contributed by atoms with Gasteiger partial charge in [0.25, 0.3) is 0 Å². The van der Waals surface area contributed by atoms with Crippen LogP contribution in [-0.4, -0.2) is 24.2 Å². The number of benzene rings is 2. The van der Waals surface area contributed by atoms with E-state index >= 15 is 0 Å². The molecule has 1 fully saturated rings. The summed E-state index contributed by atoms with van der Waals surface area (Å²) in [7, 11) is 0. The van der Waals surface area contributed by atoms with Crippen molar-refractivity contribution >= 4 is 21.8 Å². The molecule has 2 aromatic carbocycles. The molecule has 2 aromatic rings. The number of morpholine rings is 1. The van der Waals surface area contributed by atoms with Crippen molar-refractivity contribution in [2.45, 2.75) is 5.54 Å². The van der Waals surface area contributed by atoms with Crippen molar-refractivity contribution in [2.24, 2.45) is 0 Å². The number of phenols is 1. The Balaban J connectivity index is 2.01.